The lowest BCUT2D eigenvalue weighted by molar-refractivity contribution is 0.0623. The predicted molar refractivity (Wildman–Crippen MR) is 131 cm³/mol. The van der Waals surface area contributed by atoms with Crippen molar-refractivity contribution in [2.24, 2.45) is 11.7 Å². The topological polar surface area (TPSA) is 137 Å². The highest BCUT2D eigenvalue weighted by Crippen LogP contribution is 2.36. The number of likely N-dealkylation sites (tertiary alicyclic amines) is 1. The molecule has 36 heavy (non-hydrogen) atoms. The largest absolute Gasteiger partial charge is 0.465 e. The Morgan fingerprint density at radius 1 is 1.19 bits per heavy atom. The van der Waals surface area contributed by atoms with Crippen LogP contribution in [-0.2, 0) is 6.42 Å². The highest BCUT2D eigenvalue weighted by Gasteiger charge is 2.41. The molecule has 1 unspecified atom stereocenters. The van der Waals surface area contributed by atoms with Crippen molar-refractivity contribution in [1.82, 2.24) is 14.7 Å². The summed E-state index contributed by atoms with van der Waals surface area (Å²) in [6, 6.07) is 16.8. The number of carboxylic acid groups (broad SMARTS) is 1. The maximum atomic E-state index is 13.3. The first kappa shape index (κ1) is 24.7. The quantitative estimate of drug-likeness (QED) is 0.430. The number of aromatic nitrogens is 2. The number of rotatable bonds is 8. The van der Waals surface area contributed by atoms with Crippen LogP contribution < -0.4 is 11.1 Å². The van der Waals surface area contributed by atoms with Crippen molar-refractivity contribution in [3.63, 3.8) is 0 Å². The van der Waals surface area contributed by atoms with Crippen molar-refractivity contribution >= 4 is 23.5 Å². The van der Waals surface area contributed by atoms with Gasteiger partial charge in [-0.3, -0.25) is 9.48 Å². The van der Waals surface area contributed by atoms with Gasteiger partial charge in [-0.1, -0.05) is 30.3 Å². The minimum atomic E-state index is -1.06. The molecule has 2 amide bonds. The molecule has 2 heterocycles. The molecule has 1 fully saturated rings. The highest BCUT2D eigenvalue weighted by atomic mass is 19.1. The van der Waals surface area contributed by atoms with Gasteiger partial charge in [-0.05, 0) is 55.5 Å². The molecule has 4 N–H and O–H groups in total. The van der Waals surface area contributed by atoms with Crippen molar-refractivity contribution in [3.8, 4) is 6.07 Å². The lowest BCUT2D eigenvalue weighted by Crippen LogP contribution is -2.51. The van der Waals surface area contributed by atoms with Crippen LogP contribution in [0, 0.1) is 23.1 Å². The monoisotopic (exact) mass is 490 g/mol. The van der Waals surface area contributed by atoms with Crippen LogP contribution in [0.2, 0.25) is 0 Å². The second-order valence-electron chi connectivity index (χ2n) is 8.80. The Morgan fingerprint density at radius 3 is 2.56 bits per heavy atom. The Kier molecular flexibility index (Phi) is 7.49. The van der Waals surface area contributed by atoms with E-state index in [-0.39, 0.29) is 17.9 Å². The summed E-state index contributed by atoms with van der Waals surface area (Å²) in [5.74, 6) is -1.60. The SMILES string of the molecule is N#C[C@H]1C(CCCc2ccccc2)N(C(=O)O)CC[C@H]1n1cc(C(N)=O)c(Nc2ccc(F)cc2)n1. The van der Waals surface area contributed by atoms with Crippen LogP contribution in [0.1, 0.15) is 41.2 Å². The molecule has 1 aromatic heterocycles. The van der Waals surface area contributed by atoms with E-state index < -0.39 is 35.8 Å². The summed E-state index contributed by atoms with van der Waals surface area (Å²) in [5.41, 5.74) is 7.35. The van der Waals surface area contributed by atoms with E-state index in [1.54, 1.807) is 0 Å². The first-order valence-electron chi connectivity index (χ1n) is 11.7. The Hall–Kier alpha value is -4.39. The summed E-state index contributed by atoms with van der Waals surface area (Å²) >= 11 is 0. The van der Waals surface area contributed by atoms with Gasteiger partial charge in [0.15, 0.2) is 5.82 Å². The van der Waals surface area contributed by atoms with Crippen LogP contribution in [-0.4, -0.2) is 44.4 Å². The van der Waals surface area contributed by atoms with Crippen LogP contribution in [0.25, 0.3) is 0 Å². The molecule has 1 aliphatic rings. The predicted octanol–water partition coefficient (Wildman–Crippen LogP) is 4.32. The molecule has 1 saturated heterocycles. The summed E-state index contributed by atoms with van der Waals surface area (Å²) in [6.07, 6.45) is 2.78. The Bertz CT molecular complexity index is 1250. The lowest BCUT2D eigenvalue weighted by atomic mass is 9.83. The molecule has 3 atom stereocenters. The van der Waals surface area contributed by atoms with E-state index in [1.807, 2.05) is 30.3 Å². The molecule has 2 aromatic carbocycles. The van der Waals surface area contributed by atoms with E-state index in [0.29, 0.717) is 24.9 Å². The van der Waals surface area contributed by atoms with Crippen LogP contribution in [0.5, 0.6) is 0 Å². The molecule has 186 valence electrons. The number of halogens is 1. The van der Waals surface area contributed by atoms with E-state index in [4.69, 9.17) is 5.73 Å². The van der Waals surface area contributed by atoms with E-state index in [0.717, 1.165) is 12.0 Å². The number of carbonyl (C=O) groups excluding carboxylic acids is 1. The fraction of sp³-hybridized carbons (Fsp3) is 0.308. The first-order chi connectivity index (χ1) is 17.4. The van der Waals surface area contributed by atoms with Crippen LogP contribution >= 0.6 is 0 Å². The zero-order chi connectivity index (χ0) is 25.7. The average molecular weight is 491 g/mol. The summed E-state index contributed by atoms with van der Waals surface area (Å²) in [7, 11) is 0. The Balaban J connectivity index is 1.58. The molecule has 3 aromatic rings. The molecule has 4 rings (SSSR count). The Morgan fingerprint density at radius 2 is 1.92 bits per heavy atom. The fourth-order valence-corrected chi connectivity index (χ4v) is 4.77. The van der Waals surface area contributed by atoms with Gasteiger partial charge in [0.25, 0.3) is 5.91 Å². The molecule has 0 saturated carbocycles. The highest BCUT2D eigenvalue weighted by molar-refractivity contribution is 5.98. The fourth-order valence-electron chi connectivity index (χ4n) is 4.77. The summed E-state index contributed by atoms with van der Waals surface area (Å²) in [6.45, 7) is 0.237. The minimum absolute atomic E-state index is 0.123. The molecule has 9 nitrogen and oxygen atoms in total. The number of nitrogens with one attached hydrogen (secondary N) is 1. The van der Waals surface area contributed by atoms with E-state index >= 15 is 0 Å². The zero-order valence-corrected chi connectivity index (χ0v) is 19.5. The molecule has 0 spiro atoms. The third kappa shape index (κ3) is 5.46. The van der Waals surface area contributed by atoms with Gasteiger partial charge in [0.2, 0.25) is 0 Å². The molecule has 0 bridgehead atoms. The van der Waals surface area contributed by atoms with Crippen LogP contribution in [0.15, 0.2) is 60.8 Å². The second-order valence-corrected chi connectivity index (χ2v) is 8.80. The lowest BCUT2D eigenvalue weighted by Gasteiger charge is -2.41. The number of anilines is 2. The Labute approximate surface area is 207 Å². The van der Waals surface area contributed by atoms with Crippen molar-refractivity contribution in [1.29, 1.82) is 5.26 Å². The van der Waals surface area contributed by atoms with Crippen LogP contribution in [0.4, 0.5) is 20.7 Å². The first-order valence-corrected chi connectivity index (χ1v) is 11.7. The summed E-state index contributed by atoms with van der Waals surface area (Å²) in [4.78, 5) is 25.4. The second kappa shape index (κ2) is 10.9. The van der Waals surface area contributed by atoms with Crippen molar-refractivity contribution in [2.75, 3.05) is 11.9 Å². The molecular weight excluding hydrogens is 463 g/mol. The van der Waals surface area contributed by atoms with Gasteiger partial charge < -0.3 is 21.1 Å². The minimum Gasteiger partial charge on any atom is -0.465 e. The maximum absolute atomic E-state index is 13.3. The third-order valence-corrected chi connectivity index (χ3v) is 6.54. The third-order valence-electron chi connectivity index (χ3n) is 6.54. The molecule has 1 aliphatic heterocycles. The number of aryl methyl sites for hydroxylation is 1. The number of nitrogens with zero attached hydrogens (tertiary/aromatic N) is 4. The van der Waals surface area contributed by atoms with E-state index in [2.05, 4.69) is 16.5 Å². The summed E-state index contributed by atoms with van der Waals surface area (Å²) in [5, 5.41) is 27.4. The molecule has 10 heteroatoms. The molecular formula is C26H27FN6O3. The number of carbonyl (C=O) groups is 2. The number of nitrogens with two attached hydrogens (primary N) is 1. The van der Waals surface area contributed by atoms with Crippen molar-refractivity contribution in [3.05, 3.63) is 77.7 Å². The zero-order valence-electron chi connectivity index (χ0n) is 19.5. The number of primary amides is 1. The smallest absolute Gasteiger partial charge is 0.407 e. The van der Waals surface area contributed by atoms with E-state index in [9.17, 15) is 24.3 Å². The van der Waals surface area contributed by atoms with Gasteiger partial charge >= 0.3 is 6.09 Å². The standard InChI is InChI=1S/C26H27FN6O3/c27-18-9-11-19(12-10-18)30-25-21(24(29)34)16-33(31-25)23-13-14-32(26(35)36)22(20(23)15-28)8-4-7-17-5-2-1-3-6-17/h1-3,5-6,9-12,16,20,22-23H,4,7-8,13-14H2,(H2,29,34)(H,30,31)(H,35,36)/t20-,22?,23+/m0/s1. The number of nitriles is 1. The number of amides is 2. The summed E-state index contributed by atoms with van der Waals surface area (Å²) < 4.78 is 14.8. The molecule has 0 aliphatic carbocycles. The van der Waals surface area contributed by atoms with Crippen LogP contribution in [0.3, 0.4) is 0 Å². The van der Waals surface area contributed by atoms with Gasteiger partial charge in [0.05, 0.1) is 24.1 Å². The number of hydrogen-bond donors (Lipinski definition) is 3. The van der Waals surface area contributed by atoms with Crippen molar-refractivity contribution < 1.29 is 19.1 Å². The molecule has 0 radical (unpaired) electrons. The maximum Gasteiger partial charge on any atom is 0.407 e. The number of piperidine rings is 1. The number of hydrogen-bond acceptors (Lipinski definition) is 5. The van der Waals surface area contributed by atoms with Gasteiger partial charge in [-0.2, -0.15) is 10.4 Å². The average Bonchev–Trinajstić information content (AvgIpc) is 3.29. The van der Waals surface area contributed by atoms with Gasteiger partial charge in [0, 0.05) is 18.4 Å². The van der Waals surface area contributed by atoms with E-state index in [1.165, 1.54) is 40.0 Å². The number of benzene rings is 2. The van der Waals surface area contributed by atoms with Gasteiger partial charge in [0.1, 0.15) is 11.4 Å². The van der Waals surface area contributed by atoms with Gasteiger partial charge in [-0.15, -0.1) is 0 Å². The van der Waals surface area contributed by atoms with Gasteiger partial charge in [-0.25, -0.2) is 9.18 Å². The normalized spacial score (nSPS) is 19.4. The van der Waals surface area contributed by atoms with Crippen molar-refractivity contribution in [2.45, 2.75) is 37.8 Å².